The molecule has 1 N–H and O–H groups in total. The lowest BCUT2D eigenvalue weighted by molar-refractivity contribution is 0.692. The predicted octanol–water partition coefficient (Wildman–Crippen LogP) is 4.86. The molecule has 0 radical (unpaired) electrons. The summed E-state index contributed by atoms with van der Waals surface area (Å²) in [6.07, 6.45) is 4.51. The molecule has 0 amide bonds. The second-order valence-corrected chi connectivity index (χ2v) is 6.33. The highest BCUT2D eigenvalue weighted by atomic mass is 32.1. The highest BCUT2D eigenvalue weighted by Crippen LogP contribution is 2.44. The van der Waals surface area contributed by atoms with Crippen molar-refractivity contribution >= 4 is 27.9 Å². The average molecular weight is 280 g/mol. The van der Waals surface area contributed by atoms with Crippen LogP contribution in [0.2, 0.25) is 0 Å². The molecule has 1 aliphatic carbocycles. The number of benzene rings is 1. The van der Waals surface area contributed by atoms with Crippen molar-refractivity contribution in [3.63, 3.8) is 0 Å². The van der Waals surface area contributed by atoms with Gasteiger partial charge in [-0.1, -0.05) is 12.1 Å². The highest BCUT2D eigenvalue weighted by molar-refractivity contribution is 7.10. The fraction of sp³-hybridized carbons (Fsp3) is 0.235. The summed E-state index contributed by atoms with van der Waals surface area (Å²) in [5.74, 6) is 0.778. The fourth-order valence-electron chi connectivity index (χ4n) is 2.72. The van der Waals surface area contributed by atoms with Gasteiger partial charge in [-0.15, -0.1) is 11.3 Å². The maximum Gasteiger partial charge on any atom is 0.0722 e. The van der Waals surface area contributed by atoms with Gasteiger partial charge in [0.2, 0.25) is 0 Å². The van der Waals surface area contributed by atoms with Crippen molar-refractivity contribution in [2.45, 2.75) is 18.9 Å². The molecule has 1 saturated carbocycles. The van der Waals surface area contributed by atoms with E-state index in [-0.39, 0.29) is 0 Å². The van der Waals surface area contributed by atoms with Gasteiger partial charge in [-0.3, -0.25) is 4.98 Å². The summed E-state index contributed by atoms with van der Waals surface area (Å²) in [6, 6.07) is 15.3. The molecule has 100 valence electrons. The van der Waals surface area contributed by atoms with Gasteiger partial charge in [-0.2, -0.15) is 0 Å². The first-order chi connectivity index (χ1) is 9.92. The molecule has 4 rings (SSSR count). The van der Waals surface area contributed by atoms with Gasteiger partial charge < -0.3 is 5.32 Å². The third-order valence-corrected chi connectivity index (χ3v) is 4.86. The summed E-state index contributed by atoms with van der Waals surface area (Å²) in [7, 11) is 0. The Hall–Kier alpha value is -1.87. The molecule has 0 saturated heterocycles. The van der Waals surface area contributed by atoms with Gasteiger partial charge in [-0.05, 0) is 54.5 Å². The third-order valence-electron chi connectivity index (χ3n) is 3.90. The van der Waals surface area contributed by atoms with E-state index < -0.39 is 0 Å². The van der Waals surface area contributed by atoms with Crippen molar-refractivity contribution in [1.29, 1.82) is 0 Å². The van der Waals surface area contributed by atoms with Crippen LogP contribution in [0.25, 0.3) is 10.9 Å². The van der Waals surface area contributed by atoms with E-state index in [9.17, 15) is 0 Å². The monoisotopic (exact) mass is 280 g/mol. The van der Waals surface area contributed by atoms with Crippen molar-refractivity contribution in [2.75, 3.05) is 5.32 Å². The van der Waals surface area contributed by atoms with Gasteiger partial charge in [0, 0.05) is 22.1 Å². The molecule has 3 heteroatoms. The molecule has 20 heavy (non-hydrogen) atoms. The highest BCUT2D eigenvalue weighted by Gasteiger charge is 2.33. The van der Waals surface area contributed by atoms with Crippen LogP contribution in [0.1, 0.15) is 23.8 Å². The average Bonchev–Trinajstić information content (AvgIpc) is 3.19. The van der Waals surface area contributed by atoms with Crippen molar-refractivity contribution < 1.29 is 0 Å². The third kappa shape index (κ3) is 2.18. The van der Waals surface area contributed by atoms with Gasteiger partial charge in [0.1, 0.15) is 0 Å². The normalized spacial score (nSPS) is 16.2. The molecule has 0 bridgehead atoms. The summed E-state index contributed by atoms with van der Waals surface area (Å²) in [5, 5.41) is 7.13. The Morgan fingerprint density at radius 3 is 2.85 bits per heavy atom. The second-order valence-electron chi connectivity index (χ2n) is 5.35. The SMILES string of the molecule is c1csc(C(Nc2cccc3ncccc23)C2CC2)c1. The lowest BCUT2D eigenvalue weighted by Gasteiger charge is -2.19. The molecule has 0 aliphatic heterocycles. The van der Waals surface area contributed by atoms with Gasteiger partial charge in [0.05, 0.1) is 11.6 Å². The first kappa shape index (κ1) is 11.9. The maximum absolute atomic E-state index is 4.43. The van der Waals surface area contributed by atoms with Gasteiger partial charge in [0.25, 0.3) is 0 Å². The number of rotatable bonds is 4. The Morgan fingerprint density at radius 2 is 2.05 bits per heavy atom. The van der Waals surface area contributed by atoms with E-state index in [2.05, 4.69) is 52.1 Å². The van der Waals surface area contributed by atoms with E-state index in [1.807, 2.05) is 23.6 Å². The molecule has 1 atom stereocenters. The fourth-order valence-corrected chi connectivity index (χ4v) is 3.59. The number of pyridine rings is 1. The van der Waals surface area contributed by atoms with Crippen LogP contribution in [0.15, 0.2) is 54.0 Å². The van der Waals surface area contributed by atoms with Crippen molar-refractivity contribution in [1.82, 2.24) is 4.98 Å². The lowest BCUT2D eigenvalue weighted by Crippen LogP contribution is -2.11. The van der Waals surface area contributed by atoms with E-state index in [0.29, 0.717) is 6.04 Å². The number of anilines is 1. The van der Waals surface area contributed by atoms with Crippen LogP contribution >= 0.6 is 11.3 Å². The zero-order chi connectivity index (χ0) is 13.4. The zero-order valence-corrected chi connectivity index (χ0v) is 11.9. The smallest absolute Gasteiger partial charge is 0.0722 e. The van der Waals surface area contributed by atoms with Gasteiger partial charge in [-0.25, -0.2) is 0 Å². The van der Waals surface area contributed by atoms with E-state index in [0.717, 1.165) is 11.4 Å². The van der Waals surface area contributed by atoms with E-state index >= 15 is 0 Å². The number of nitrogens with zero attached hydrogens (tertiary/aromatic N) is 1. The number of fused-ring (bicyclic) bond motifs is 1. The molecule has 3 aromatic rings. The van der Waals surface area contributed by atoms with Crippen LogP contribution in [-0.2, 0) is 0 Å². The van der Waals surface area contributed by atoms with Crippen LogP contribution in [0.4, 0.5) is 5.69 Å². The number of hydrogen-bond acceptors (Lipinski definition) is 3. The van der Waals surface area contributed by atoms with Crippen molar-refractivity contribution in [2.24, 2.45) is 5.92 Å². The van der Waals surface area contributed by atoms with Gasteiger partial charge >= 0.3 is 0 Å². The minimum absolute atomic E-state index is 0.445. The molecular weight excluding hydrogens is 264 g/mol. The van der Waals surface area contributed by atoms with E-state index in [1.54, 1.807) is 0 Å². The molecule has 2 heterocycles. The molecule has 1 aliphatic rings. The maximum atomic E-state index is 4.43. The summed E-state index contributed by atoms with van der Waals surface area (Å²) < 4.78 is 0. The van der Waals surface area contributed by atoms with Crippen molar-refractivity contribution in [3.8, 4) is 0 Å². The summed E-state index contributed by atoms with van der Waals surface area (Å²) in [6.45, 7) is 0. The Labute approximate surface area is 122 Å². The van der Waals surface area contributed by atoms with Crippen LogP contribution in [0.3, 0.4) is 0 Å². The minimum atomic E-state index is 0.445. The Morgan fingerprint density at radius 1 is 1.10 bits per heavy atom. The quantitative estimate of drug-likeness (QED) is 0.738. The van der Waals surface area contributed by atoms with E-state index in [4.69, 9.17) is 0 Å². The standard InChI is InChI=1S/C17H16N2S/c1-5-14-13(4-2-10-18-14)15(6-1)19-17(12-8-9-12)16-7-3-11-20-16/h1-7,10-12,17,19H,8-9H2. The van der Waals surface area contributed by atoms with Crippen LogP contribution < -0.4 is 5.32 Å². The molecule has 2 nitrogen and oxygen atoms in total. The molecule has 1 fully saturated rings. The molecular formula is C17H16N2S. The predicted molar refractivity (Wildman–Crippen MR) is 85.1 cm³/mol. The number of thiophene rings is 1. The Balaban J connectivity index is 1.72. The van der Waals surface area contributed by atoms with Crippen LogP contribution in [0.5, 0.6) is 0 Å². The van der Waals surface area contributed by atoms with Crippen LogP contribution in [-0.4, -0.2) is 4.98 Å². The summed E-state index contributed by atoms with van der Waals surface area (Å²) >= 11 is 1.85. The molecule has 0 spiro atoms. The minimum Gasteiger partial charge on any atom is -0.377 e. The second kappa shape index (κ2) is 4.91. The first-order valence-corrected chi connectivity index (χ1v) is 7.93. The number of nitrogens with one attached hydrogen (secondary N) is 1. The van der Waals surface area contributed by atoms with Crippen LogP contribution in [0, 0.1) is 5.92 Å². The van der Waals surface area contributed by atoms with Gasteiger partial charge in [0.15, 0.2) is 0 Å². The van der Waals surface area contributed by atoms with Crippen molar-refractivity contribution in [3.05, 3.63) is 58.9 Å². The summed E-state index contributed by atoms with van der Waals surface area (Å²) in [4.78, 5) is 5.87. The molecule has 2 aromatic heterocycles. The first-order valence-electron chi connectivity index (χ1n) is 7.05. The molecule has 1 unspecified atom stereocenters. The lowest BCUT2D eigenvalue weighted by atomic mass is 10.1. The largest absolute Gasteiger partial charge is 0.377 e. The topological polar surface area (TPSA) is 24.9 Å². The molecule has 1 aromatic carbocycles. The Kier molecular flexibility index (Phi) is 2.92. The number of aromatic nitrogens is 1. The zero-order valence-electron chi connectivity index (χ0n) is 11.1. The summed E-state index contributed by atoms with van der Waals surface area (Å²) in [5.41, 5.74) is 2.25. The Bertz CT molecular complexity index is 711. The van der Waals surface area contributed by atoms with E-state index in [1.165, 1.54) is 28.8 Å². The number of hydrogen-bond donors (Lipinski definition) is 1.